The van der Waals surface area contributed by atoms with Crippen molar-refractivity contribution in [1.82, 2.24) is 10.6 Å². The average molecular weight is 282 g/mol. The SMILES string of the molecule is COC(=O)C1=C(C)NC(=O)N[C@H]1c1ccc(F)cc1F. The van der Waals surface area contributed by atoms with E-state index in [1.54, 1.807) is 0 Å². The van der Waals surface area contributed by atoms with Crippen LogP contribution in [0.5, 0.6) is 0 Å². The summed E-state index contributed by atoms with van der Waals surface area (Å²) in [5.41, 5.74) is 0.313. The van der Waals surface area contributed by atoms with Crippen molar-refractivity contribution in [3.63, 3.8) is 0 Å². The molecule has 0 saturated carbocycles. The van der Waals surface area contributed by atoms with E-state index in [1.807, 2.05) is 0 Å². The van der Waals surface area contributed by atoms with Crippen LogP contribution in [0, 0.1) is 11.6 Å². The van der Waals surface area contributed by atoms with E-state index < -0.39 is 29.7 Å². The number of esters is 1. The lowest BCUT2D eigenvalue weighted by molar-refractivity contribution is -0.136. The van der Waals surface area contributed by atoms with Crippen molar-refractivity contribution >= 4 is 12.0 Å². The summed E-state index contributed by atoms with van der Waals surface area (Å²) < 4.78 is 31.4. The van der Waals surface area contributed by atoms with Crippen LogP contribution < -0.4 is 10.6 Å². The lowest BCUT2D eigenvalue weighted by atomic mass is 9.95. The van der Waals surface area contributed by atoms with E-state index in [2.05, 4.69) is 15.4 Å². The second-order valence-corrected chi connectivity index (χ2v) is 4.23. The second kappa shape index (κ2) is 5.28. The molecule has 7 heteroatoms. The zero-order chi connectivity index (χ0) is 14.9. The minimum absolute atomic E-state index is 0.0130. The van der Waals surface area contributed by atoms with Crippen LogP contribution in [-0.2, 0) is 9.53 Å². The number of amides is 2. The van der Waals surface area contributed by atoms with Gasteiger partial charge in [-0.3, -0.25) is 0 Å². The monoisotopic (exact) mass is 282 g/mol. The molecule has 0 unspecified atom stereocenters. The second-order valence-electron chi connectivity index (χ2n) is 4.23. The molecule has 1 aromatic rings. The van der Waals surface area contributed by atoms with Gasteiger partial charge in [0.25, 0.3) is 0 Å². The summed E-state index contributed by atoms with van der Waals surface area (Å²) in [6.45, 7) is 1.50. The van der Waals surface area contributed by atoms with E-state index in [0.29, 0.717) is 6.07 Å². The van der Waals surface area contributed by atoms with E-state index in [4.69, 9.17) is 0 Å². The van der Waals surface area contributed by atoms with Crippen molar-refractivity contribution in [3.8, 4) is 0 Å². The molecule has 0 fully saturated rings. The minimum Gasteiger partial charge on any atom is -0.466 e. The fraction of sp³-hybridized carbons (Fsp3) is 0.231. The van der Waals surface area contributed by atoms with Gasteiger partial charge < -0.3 is 15.4 Å². The predicted molar refractivity (Wildman–Crippen MR) is 65.5 cm³/mol. The van der Waals surface area contributed by atoms with Crippen LogP contribution in [0.4, 0.5) is 13.6 Å². The molecule has 106 valence electrons. The van der Waals surface area contributed by atoms with Crippen molar-refractivity contribution in [2.45, 2.75) is 13.0 Å². The fourth-order valence-corrected chi connectivity index (χ4v) is 2.04. The summed E-state index contributed by atoms with van der Waals surface area (Å²) in [6.07, 6.45) is 0. The number of halogens is 2. The number of benzene rings is 1. The number of urea groups is 1. The molecule has 1 heterocycles. The first-order chi connectivity index (χ1) is 9.43. The largest absolute Gasteiger partial charge is 0.466 e. The Bertz CT molecular complexity index is 614. The molecular weight excluding hydrogens is 270 g/mol. The van der Waals surface area contributed by atoms with Crippen LogP contribution in [0.2, 0.25) is 0 Å². The summed E-state index contributed by atoms with van der Waals surface area (Å²) >= 11 is 0. The lowest BCUT2D eigenvalue weighted by Crippen LogP contribution is -2.45. The summed E-state index contributed by atoms with van der Waals surface area (Å²) in [4.78, 5) is 23.3. The zero-order valence-corrected chi connectivity index (χ0v) is 10.8. The molecule has 2 N–H and O–H groups in total. The van der Waals surface area contributed by atoms with Crippen LogP contribution in [0.15, 0.2) is 29.5 Å². The molecule has 0 aromatic heterocycles. The number of rotatable bonds is 2. The maximum absolute atomic E-state index is 13.8. The Morgan fingerprint density at radius 1 is 1.35 bits per heavy atom. The molecule has 1 atom stereocenters. The van der Waals surface area contributed by atoms with Gasteiger partial charge in [-0.1, -0.05) is 6.07 Å². The third-order valence-electron chi connectivity index (χ3n) is 2.95. The van der Waals surface area contributed by atoms with E-state index in [1.165, 1.54) is 20.1 Å². The third-order valence-corrected chi connectivity index (χ3v) is 2.95. The van der Waals surface area contributed by atoms with Gasteiger partial charge >= 0.3 is 12.0 Å². The standard InChI is InChI=1S/C13H12F2N2O3/c1-6-10(12(18)20-2)11(17-13(19)16-6)8-4-3-7(14)5-9(8)15/h3-5,11H,1-2H3,(H2,16,17,19)/t11-/m0/s1. The number of carbonyl (C=O) groups excluding carboxylic acids is 2. The van der Waals surface area contributed by atoms with Gasteiger partial charge in [-0.25, -0.2) is 18.4 Å². The maximum Gasteiger partial charge on any atom is 0.337 e. The topological polar surface area (TPSA) is 67.4 Å². The first-order valence-electron chi connectivity index (χ1n) is 5.75. The Balaban J connectivity index is 2.54. The van der Waals surface area contributed by atoms with Gasteiger partial charge in [-0.15, -0.1) is 0 Å². The van der Waals surface area contributed by atoms with Crippen LogP contribution >= 0.6 is 0 Å². The Morgan fingerprint density at radius 2 is 2.05 bits per heavy atom. The number of hydrogen-bond donors (Lipinski definition) is 2. The van der Waals surface area contributed by atoms with Crippen LogP contribution in [-0.4, -0.2) is 19.1 Å². The van der Waals surface area contributed by atoms with E-state index in [-0.39, 0.29) is 16.8 Å². The van der Waals surface area contributed by atoms with Crippen LogP contribution in [0.25, 0.3) is 0 Å². The van der Waals surface area contributed by atoms with Gasteiger partial charge in [0, 0.05) is 17.3 Å². The zero-order valence-electron chi connectivity index (χ0n) is 10.8. The molecule has 0 aliphatic carbocycles. The third kappa shape index (κ3) is 2.47. The highest BCUT2D eigenvalue weighted by Gasteiger charge is 2.33. The summed E-state index contributed by atoms with van der Waals surface area (Å²) in [5, 5.41) is 4.82. The molecule has 0 spiro atoms. The molecule has 0 bridgehead atoms. The summed E-state index contributed by atoms with van der Waals surface area (Å²) in [6, 6.07) is 1.31. The number of ether oxygens (including phenoxy) is 1. The molecule has 1 aliphatic rings. The van der Waals surface area contributed by atoms with E-state index >= 15 is 0 Å². The number of hydrogen-bond acceptors (Lipinski definition) is 3. The normalized spacial score (nSPS) is 18.4. The Hall–Kier alpha value is -2.44. The summed E-state index contributed by atoms with van der Waals surface area (Å²) in [7, 11) is 1.18. The first kappa shape index (κ1) is 14.0. The van der Waals surface area contributed by atoms with Gasteiger partial charge in [-0.05, 0) is 13.0 Å². The van der Waals surface area contributed by atoms with Crippen molar-refractivity contribution in [1.29, 1.82) is 0 Å². The van der Waals surface area contributed by atoms with Gasteiger partial charge in [0.2, 0.25) is 0 Å². The molecule has 1 aromatic carbocycles. The fourth-order valence-electron chi connectivity index (χ4n) is 2.04. The summed E-state index contributed by atoms with van der Waals surface area (Å²) in [5.74, 6) is -2.30. The molecule has 0 saturated heterocycles. The molecule has 0 radical (unpaired) electrons. The van der Waals surface area contributed by atoms with E-state index in [9.17, 15) is 18.4 Å². The smallest absolute Gasteiger partial charge is 0.337 e. The van der Waals surface area contributed by atoms with E-state index in [0.717, 1.165) is 6.07 Å². The Kier molecular flexibility index (Phi) is 3.69. The lowest BCUT2D eigenvalue weighted by Gasteiger charge is -2.28. The van der Waals surface area contributed by atoms with Crippen molar-refractivity contribution < 1.29 is 23.1 Å². The predicted octanol–water partition coefficient (Wildman–Crippen LogP) is 1.77. The average Bonchev–Trinajstić information content (AvgIpc) is 2.37. The number of nitrogens with one attached hydrogen (secondary N) is 2. The van der Waals surface area contributed by atoms with Gasteiger partial charge in [0.05, 0.1) is 18.7 Å². The molecule has 5 nitrogen and oxygen atoms in total. The minimum atomic E-state index is -1.03. The maximum atomic E-state index is 13.8. The van der Waals surface area contributed by atoms with Crippen molar-refractivity contribution in [2.24, 2.45) is 0 Å². The van der Waals surface area contributed by atoms with Crippen LogP contribution in [0.3, 0.4) is 0 Å². The van der Waals surface area contributed by atoms with Gasteiger partial charge in [-0.2, -0.15) is 0 Å². The quantitative estimate of drug-likeness (QED) is 0.812. The Labute approximate surface area is 113 Å². The van der Waals surface area contributed by atoms with Crippen LogP contribution in [0.1, 0.15) is 18.5 Å². The Morgan fingerprint density at radius 3 is 2.65 bits per heavy atom. The number of allylic oxidation sites excluding steroid dienone is 1. The highest BCUT2D eigenvalue weighted by Crippen LogP contribution is 2.29. The molecule has 2 rings (SSSR count). The highest BCUT2D eigenvalue weighted by atomic mass is 19.1. The number of carbonyl (C=O) groups is 2. The van der Waals surface area contributed by atoms with Gasteiger partial charge in [0.1, 0.15) is 11.6 Å². The van der Waals surface area contributed by atoms with Crippen molar-refractivity contribution in [2.75, 3.05) is 7.11 Å². The van der Waals surface area contributed by atoms with Gasteiger partial charge in [0.15, 0.2) is 0 Å². The molecule has 20 heavy (non-hydrogen) atoms. The highest BCUT2D eigenvalue weighted by molar-refractivity contribution is 5.94. The molecule has 2 amide bonds. The number of methoxy groups -OCH3 is 1. The van der Waals surface area contributed by atoms with Crippen molar-refractivity contribution in [3.05, 3.63) is 46.7 Å². The molecule has 1 aliphatic heterocycles. The first-order valence-corrected chi connectivity index (χ1v) is 5.75. The molecular formula is C13H12F2N2O3.